The van der Waals surface area contributed by atoms with Gasteiger partial charge in [0.25, 0.3) is 0 Å². The molecule has 2 aromatic carbocycles. The molecule has 0 saturated carbocycles. The van der Waals surface area contributed by atoms with Crippen LogP contribution in [0.5, 0.6) is 17.2 Å². The molecular formula is C23H22N6O3. The summed E-state index contributed by atoms with van der Waals surface area (Å²) in [6.45, 7) is 1.71. The smallest absolute Gasteiger partial charge is 0.246 e. The van der Waals surface area contributed by atoms with E-state index < -0.39 is 0 Å². The number of anilines is 3. The maximum absolute atomic E-state index is 5.67. The van der Waals surface area contributed by atoms with Gasteiger partial charge in [-0.2, -0.15) is 4.98 Å². The fourth-order valence-electron chi connectivity index (χ4n) is 3.39. The molecule has 162 valence electrons. The number of hydrogen-bond donors (Lipinski definition) is 3. The van der Waals surface area contributed by atoms with E-state index in [4.69, 9.17) is 14.2 Å². The highest BCUT2D eigenvalue weighted by atomic mass is 16.6. The van der Waals surface area contributed by atoms with Crippen LogP contribution in [0.2, 0.25) is 0 Å². The number of aromatic nitrogens is 4. The molecule has 9 nitrogen and oxygen atoms in total. The van der Waals surface area contributed by atoms with Gasteiger partial charge in [0.15, 0.2) is 17.3 Å². The van der Waals surface area contributed by atoms with Crippen molar-refractivity contribution in [2.45, 2.75) is 6.54 Å². The van der Waals surface area contributed by atoms with Crippen LogP contribution in [0.1, 0.15) is 5.56 Å². The molecule has 9 heteroatoms. The lowest BCUT2D eigenvalue weighted by Gasteiger charge is -2.19. The summed E-state index contributed by atoms with van der Waals surface area (Å²) in [5.74, 6) is 4.05. The highest BCUT2D eigenvalue weighted by molar-refractivity contribution is 5.71. The lowest BCUT2D eigenvalue weighted by atomic mass is 10.2. The molecule has 1 aliphatic rings. The minimum atomic E-state index is 0.454. The van der Waals surface area contributed by atoms with Crippen LogP contribution in [-0.2, 0) is 6.54 Å². The summed E-state index contributed by atoms with van der Waals surface area (Å²) in [7, 11) is 1.63. The van der Waals surface area contributed by atoms with Gasteiger partial charge in [0, 0.05) is 24.5 Å². The Morgan fingerprint density at radius 1 is 1.03 bits per heavy atom. The first-order valence-corrected chi connectivity index (χ1v) is 10.2. The molecule has 4 aromatic rings. The fourth-order valence-corrected chi connectivity index (χ4v) is 3.39. The Labute approximate surface area is 184 Å². The predicted molar refractivity (Wildman–Crippen MR) is 121 cm³/mol. The van der Waals surface area contributed by atoms with E-state index in [1.807, 2.05) is 54.6 Å². The van der Waals surface area contributed by atoms with Gasteiger partial charge in [0.05, 0.1) is 12.7 Å². The Hall–Kier alpha value is -4.27. The van der Waals surface area contributed by atoms with Gasteiger partial charge < -0.3 is 24.8 Å². The number of benzene rings is 2. The van der Waals surface area contributed by atoms with Crippen molar-refractivity contribution in [2.24, 2.45) is 0 Å². The van der Waals surface area contributed by atoms with E-state index >= 15 is 0 Å². The standard InChI is InChI=1S/C23H22N6O3/c1-30-17-5-2-4-16(13-17)26-23-27-22(28-29-23)18-6-3-9-24-21(18)25-14-15-7-8-19-20(12-15)32-11-10-31-19/h2-9,12-13H,10-11,14H2,1H3,(H,24,25)(H2,26,27,28,29). The molecule has 3 N–H and O–H groups in total. The minimum absolute atomic E-state index is 0.454. The number of aromatic amines is 1. The van der Waals surface area contributed by atoms with Gasteiger partial charge in [-0.05, 0) is 42.0 Å². The molecule has 2 aromatic heterocycles. The Morgan fingerprint density at radius 3 is 2.84 bits per heavy atom. The highest BCUT2D eigenvalue weighted by Gasteiger charge is 2.14. The fraction of sp³-hybridized carbons (Fsp3) is 0.174. The van der Waals surface area contributed by atoms with E-state index in [0.717, 1.165) is 34.1 Å². The van der Waals surface area contributed by atoms with E-state index in [1.54, 1.807) is 13.3 Å². The van der Waals surface area contributed by atoms with Crippen LogP contribution in [0.4, 0.5) is 17.5 Å². The van der Waals surface area contributed by atoms with Crippen molar-refractivity contribution < 1.29 is 14.2 Å². The molecule has 0 bridgehead atoms. The van der Waals surface area contributed by atoms with E-state index in [-0.39, 0.29) is 0 Å². The van der Waals surface area contributed by atoms with Crippen molar-refractivity contribution >= 4 is 17.5 Å². The Balaban J connectivity index is 1.31. The first-order valence-electron chi connectivity index (χ1n) is 10.2. The van der Waals surface area contributed by atoms with Gasteiger partial charge >= 0.3 is 0 Å². The van der Waals surface area contributed by atoms with Crippen molar-refractivity contribution in [1.82, 2.24) is 20.2 Å². The molecule has 0 fully saturated rings. The van der Waals surface area contributed by atoms with E-state index in [0.29, 0.717) is 37.3 Å². The van der Waals surface area contributed by atoms with Crippen LogP contribution in [0.15, 0.2) is 60.8 Å². The first kappa shape index (κ1) is 19.7. The van der Waals surface area contributed by atoms with Crippen LogP contribution in [0.25, 0.3) is 11.4 Å². The molecule has 1 aliphatic heterocycles. The van der Waals surface area contributed by atoms with Crippen molar-refractivity contribution in [3.8, 4) is 28.6 Å². The molecule has 0 saturated heterocycles. The highest BCUT2D eigenvalue weighted by Crippen LogP contribution is 2.31. The lowest BCUT2D eigenvalue weighted by Crippen LogP contribution is -2.15. The Kier molecular flexibility index (Phi) is 5.44. The van der Waals surface area contributed by atoms with Crippen LogP contribution < -0.4 is 24.8 Å². The summed E-state index contributed by atoms with van der Waals surface area (Å²) in [4.78, 5) is 9.05. The molecule has 0 atom stereocenters. The minimum Gasteiger partial charge on any atom is -0.497 e. The van der Waals surface area contributed by atoms with Gasteiger partial charge in [0.2, 0.25) is 5.95 Å². The van der Waals surface area contributed by atoms with E-state index in [1.165, 1.54) is 0 Å². The topological polar surface area (TPSA) is 106 Å². The number of ether oxygens (including phenoxy) is 3. The van der Waals surface area contributed by atoms with Crippen molar-refractivity contribution in [2.75, 3.05) is 31.0 Å². The van der Waals surface area contributed by atoms with Gasteiger partial charge in [-0.25, -0.2) is 4.98 Å². The molecule has 0 unspecified atom stereocenters. The monoisotopic (exact) mass is 430 g/mol. The third-order valence-electron chi connectivity index (χ3n) is 4.94. The largest absolute Gasteiger partial charge is 0.497 e. The summed E-state index contributed by atoms with van der Waals surface area (Å²) in [6.07, 6.45) is 1.74. The molecule has 0 aliphatic carbocycles. The number of H-pyrrole nitrogens is 1. The number of nitrogens with one attached hydrogen (secondary N) is 3. The average molecular weight is 430 g/mol. The summed E-state index contributed by atoms with van der Waals surface area (Å²) < 4.78 is 16.5. The quantitative estimate of drug-likeness (QED) is 0.404. The summed E-state index contributed by atoms with van der Waals surface area (Å²) in [6, 6.07) is 17.3. The van der Waals surface area contributed by atoms with Crippen LogP contribution in [0, 0.1) is 0 Å². The maximum Gasteiger partial charge on any atom is 0.246 e. The van der Waals surface area contributed by atoms with Crippen molar-refractivity contribution in [3.63, 3.8) is 0 Å². The van der Waals surface area contributed by atoms with E-state index in [9.17, 15) is 0 Å². The third-order valence-corrected chi connectivity index (χ3v) is 4.94. The SMILES string of the molecule is COc1cccc(Nc2n[nH]c(-c3cccnc3NCc3ccc4c(c3)OCCO4)n2)c1. The number of methoxy groups -OCH3 is 1. The Bertz CT molecular complexity index is 1230. The van der Waals surface area contributed by atoms with Gasteiger partial charge in [-0.1, -0.05) is 12.1 Å². The summed E-state index contributed by atoms with van der Waals surface area (Å²) in [5.41, 5.74) is 2.71. The second kappa shape index (κ2) is 8.84. The molecular weight excluding hydrogens is 408 g/mol. The predicted octanol–water partition coefficient (Wildman–Crippen LogP) is 4.00. The molecule has 32 heavy (non-hydrogen) atoms. The molecule has 0 amide bonds. The normalized spacial score (nSPS) is 12.3. The maximum atomic E-state index is 5.67. The van der Waals surface area contributed by atoms with Crippen molar-refractivity contribution in [1.29, 1.82) is 0 Å². The van der Waals surface area contributed by atoms with Gasteiger partial charge in [-0.3, -0.25) is 5.10 Å². The second-order valence-electron chi connectivity index (χ2n) is 7.10. The number of hydrogen-bond acceptors (Lipinski definition) is 8. The lowest BCUT2D eigenvalue weighted by molar-refractivity contribution is 0.171. The van der Waals surface area contributed by atoms with Crippen LogP contribution in [-0.4, -0.2) is 40.5 Å². The molecule has 5 rings (SSSR count). The number of fused-ring (bicyclic) bond motifs is 1. The molecule has 0 spiro atoms. The number of pyridine rings is 1. The zero-order chi connectivity index (χ0) is 21.8. The second-order valence-corrected chi connectivity index (χ2v) is 7.10. The molecule has 0 radical (unpaired) electrons. The first-order chi connectivity index (χ1) is 15.8. The zero-order valence-electron chi connectivity index (χ0n) is 17.5. The van der Waals surface area contributed by atoms with Gasteiger partial charge in [0.1, 0.15) is 24.8 Å². The Morgan fingerprint density at radius 2 is 1.94 bits per heavy atom. The number of nitrogens with zero attached hydrogens (tertiary/aromatic N) is 3. The van der Waals surface area contributed by atoms with Gasteiger partial charge in [-0.15, -0.1) is 5.10 Å². The van der Waals surface area contributed by atoms with Crippen LogP contribution in [0.3, 0.4) is 0 Å². The average Bonchev–Trinajstić information content (AvgIpc) is 3.31. The molecule has 3 heterocycles. The zero-order valence-corrected chi connectivity index (χ0v) is 17.5. The van der Waals surface area contributed by atoms with Crippen molar-refractivity contribution in [3.05, 3.63) is 66.4 Å². The summed E-state index contributed by atoms with van der Waals surface area (Å²) >= 11 is 0. The summed E-state index contributed by atoms with van der Waals surface area (Å²) in [5, 5.41) is 13.8. The van der Waals surface area contributed by atoms with Crippen LogP contribution >= 0.6 is 0 Å². The third kappa shape index (κ3) is 4.27. The number of rotatable bonds is 7. The van der Waals surface area contributed by atoms with E-state index in [2.05, 4.69) is 30.8 Å².